The molecule has 7 heteroatoms. The third kappa shape index (κ3) is 2.75. The standard InChI is InChI=1S/C15H21BFIN2O2/c1-14(2)15(3,4)22-16(21-14)12-10(18)9-11(19-13(12)17)20-7-5-6-8-20/h9H,5-8H2,1-4H3. The van der Waals surface area contributed by atoms with Crippen LogP contribution in [0.15, 0.2) is 6.07 Å². The van der Waals surface area contributed by atoms with E-state index in [1.165, 1.54) is 0 Å². The van der Waals surface area contributed by atoms with Crippen LogP contribution in [-0.2, 0) is 9.31 Å². The third-order valence-electron chi connectivity index (χ3n) is 4.87. The van der Waals surface area contributed by atoms with Crippen LogP contribution in [-0.4, -0.2) is 36.4 Å². The number of pyridine rings is 1. The van der Waals surface area contributed by atoms with E-state index in [2.05, 4.69) is 32.5 Å². The molecule has 2 saturated heterocycles. The Morgan fingerprint density at radius 1 is 1.18 bits per heavy atom. The van der Waals surface area contributed by atoms with Gasteiger partial charge in [-0.2, -0.15) is 4.39 Å². The predicted molar refractivity (Wildman–Crippen MR) is 94.1 cm³/mol. The summed E-state index contributed by atoms with van der Waals surface area (Å²) in [7, 11) is -0.711. The molecule has 2 aliphatic rings. The first-order chi connectivity index (χ1) is 10.2. The fourth-order valence-electron chi connectivity index (χ4n) is 2.76. The second kappa shape index (κ2) is 5.59. The highest BCUT2D eigenvalue weighted by molar-refractivity contribution is 14.1. The Kier molecular flexibility index (Phi) is 4.18. The minimum absolute atomic E-state index is 0.405. The molecule has 0 radical (unpaired) electrons. The lowest BCUT2D eigenvalue weighted by Crippen LogP contribution is -2.41. The van der Waals surface area contributed by atoms with E-state index in [1.54, 1.807) is 0 Å². The van der Waals surface area contributed by atoms with Gasteiger partial charge in [-0.25, -0.2) is 4.98 Å². The van der Waals surface area contributed by atoms with Crippen LogP contribution in [0.25, 0.3) is 0 Å². The number of hydrogen-bond donors (Lipinski definition) is 0. The van der Waals surface area contributed by atoms with Crippen LogP contribution in [0.1, 0.15) is 40.5 Å². The molecule has 1 aromatic rings. The highest BCUT2D eigenvalue weighted by Gasteiger charge is 2.53. The normalized spacial score (nSPS) is 23.4. The Balaban J connectivity index is 1.92. The van der Waals surface area contributed by atoms with E-state index < -0.39 is 24.3 Å². The second-order valence-corrected chi connectivity index (χ2v) is 8.11. The highest BCUT2D eigenvalue weighted by atomic mass is 127. The highest BCUT2D eigenvalue weighted by Crippen LogP contribution is 2.37. The van der Waals surface area contributed by atoms with Crippen LogP contribution in [0.5, 0.6) is 0 Å². The quantitative estimate of drug-likeness (QED) is 0.421. The van der Waals surface area contributed by atoms with E-state index in [1.807, 2.05) is 33.8 Å². The molecule has 3 heterocycles. The first-order valence-electron chi connectivity index (χ1n) is 7.68. The molecule has 0 unspecified atom stereocenters. The van der Waals surface area contributed by atoms with E-state index in [4.69, 9.17) is 9.31 Å². The predicted octanol–water partition coefficient (Wildman–Crippen LogP) is 2.72. The number of anilines is 1. The van der Waals surface area contributed by atoms with Crippen molar-refractivity contribution in [3.05, 3.63) is 15.6 Å². The summed E-state index contributed by atoms with van der Waals surface area (Å²) < 4.78 is 27.3. The lowest BCUT2D eigenvalue weighted by Gasteiger charge is -2.32. The number of rotatable bonds is 2. The summed E-state index contributed by atoms with van der Waals surface area (Å²) in [6, 6.07) is 1.93. The van der Waals surface area contributed by atoms with E-state index in [0.717, 1.165) is 29.5 Å². The molecule has 1 aromatic heterocycles. The van der Waals surface area contributed by atoms with Crippen LogP contribution < -0.4 is 10.4 Å². The molecule has 0 amide bonds. The van der Waals surface area contributed by atoms with E-state index in [0.29, 0.717) is 11.3 Å². The van der Waals surface area contributed by atoms with Gasteiger partial charge in [0.15, 0.2) is 0 Å². The van der Waals surface area contributed by atoms with Crippen LogP contribution >= 0.6 is 22.6 Å². The van der Waals surface area contributed by atoms with Gasteiger partial charge in [-0.1, -0.05) is 0 Å². The summed E-state index contributed by atoms with van der Waals surface area (Å²) in [5.41, 5.74) is -0.566. The van der Waals surface area contributed by atoms with Crippen LogP contribution in [0.3, 0.4) is 0 Å². The molecule has 0 aromatic carbocycles. The molecule has 4 nitrogen and oxygen atoms in total. The zero-order valence-electron chi connectivity index (χ0n) is 13.4. The van der Waals surface area contributed by atoms with Gasteiger partial charge in [-0.05, 0) is 69.2 Å². The van der Waals surface area contributed by atoms with Gasteiger partial charge in [-0.15, -0.1) is 0 Å². The SMILES string of the molecule is CC1(C)OB(c2c(I)cc(N3CCCC3)nc2F)OC1(C)C. The average molecular weight is 418 g/mol. The molecule has 22 heavy (non-hydrogen) atoms. The number of hydrogen-bond acceptors (Lipinski definition) is 4. The summed E-state index contributed by atoms with van der Waals surface area (Å²) in [5.74, 6) is 0.215. The van der Waals surface area contributed by atoms with Crippen molar-refractivity contribution in [1.82, 2.24) is 4.98 Å². The molecule has 3 rings (SSSR count). The van der Waals surface area contributed by atoms with Crippen LogP contribution in [0.4, 0.5) is 10.2 Å². The Bertz CT molecular complexity index is 552. The summed E-state index contributed by atoms with van der Waals surface area (Å²) >= 11 is 2.14. The number of nitrogens with zero attached hydrogens (tertiary/aromatic N) is 2. The maximum Gasteiger partial charge on any atom is 0.500 e. The molecule has 0 saturated carbocycles. The van der Waals surface area contributed by atoms with Gasteiger partial charge < -0.3 is 14.2 Å². The molecule has 0 aliphatic carbocycles. The third-order valence-corrected chi connectivity index (χ3v) is 5.76. The topological polar surface area (TPSA) is 34.6 Å². The fourth-order valence-corrected chi connectivity index (χ4v) is 3.52. The maximum absolute atomic E-state index is 14.6. The first kappa shape index (κ1) is 16.5. The summed E-state index contributed by atoms with van der Waals surface area (Å²) in [5, 5.41) is 0. The summed E-state index contributed by atoms with van der Waals surface area (Å²) in [4.78, 5) is 6.27. The Morgan fingerprint density at radius 2 is 1.73 bits per heavy atom. The van der Waals surface area contributed by atoms with Crippen molar-refractivity contribution in [3.8, 4) is 0 Å². The van der Waals surface area contributed by atoms with Crippen molar-refractivity contribution in [2.75, 3.05) is 18.0 Å². The maximum atomic E-state index is 14.6. The second-order valence-electron chi connectivity index (χ2n) is 6.95. The van der Waals surface area contributed by atoms with Crippen molar-refractivity contribution >= 4 is 41.0 Å². The van der Waals surface area contributed by atoms with E-state index >= 15 is 0 Å². The first-order valence-corrected chi connectivity index (χ1v) is 8.76. The van der Waals surface area contributed by atoms with Gasteiger partial charge in [0.25, 0.3) is 0 Å². The minimum Gasteiger partial charge on any atom is -0.399 e. The van der Waals surface area contributed by atoms with E-state index in [9.17, 15) is 4.39 Å². The van der Waals surface area contributed by atoms with Crippen LogP contribution in [0.2, 0.25) is 0 Å². The van der Waals surface area contributed by atoms with Gasteiger partial charge in [-0.3, -0.25) is 0 Å². The molecule has 2 fully saturated rings. The zero-order chi connectivity index (χ0) is 16.1. The van der Waals surface area contributed by atoms with Gasteiger partial charge in [0.05, 0.1) is 16.7 Å². The Labute approximate surface area is 145 Å². The van der Waals surface area contributed by atoms with Gasteiger partial charge in [0, 0.05) is 16.7 Å². The molecule has 0 N–H and O–H groups in total. The number of halogens is 2. The lowest BCUT2D eigenvalue weighted by molar-refractivity contribution is 0.00578. The fraction of sp³-hybridized carbons (Fsp3) is 0.667. The zero-order valence-corrected chi connectivity index (χ0v) is 15.6. The van der Waals surface area contributed by atoms with Gasteiger partial charge in [0.1, 0.15) is 5.82 Å². The van der Waals surface area contributed by atoms with E-state index in [-0.39, 0.29) is 0 Å². The van der Waals surface area contributed by atoms with Crippen molar-refractivity contribution in [2.24, 2.45) is 0 Å². The molecule has 0 atom stereocenters. The van der Waals surface area contributed by atoms with Gasteiger partial charge >= 0.3 is 7.12 Å². The van der Waals surface area contributed by atoms with Crippen molar-refractivity contribution in [3.63, 3.8) is 0 Å². The smallest absolute Gasteiger partial charge is 0.399 e. The molecule has 0 spiro atoms. The largest absolute Gasteiger partial charge is 0.500 e. The number of aromatic nitrogens is 1. The van der Waals surface area contributed by atoms with Crippen molar-refractivity contribution < 1.29 is 13.7 Å². The molecule has 120 valence electrons. The van der Waals surface area contributed by atoms with Crippen molar-refractivity contribution in [1.29, 1.82) is 0 Å². The van der Waals surface area contributed by atoms with Crippen molar-refractivity contribution in [2.45, 2.75) is 51.7 Å². The molecular weight excluding hydrogens is 397 g/mol. The van der Waals surface area contributed by atoms with Gasteiger partial charge in [0.2, 0.25) is 5.95 Å². The summed E-state index contributed by atoms with van der Waals surface area (Å²) in [6.45, 7) is 9.73. The molecule has 0 bridgehead atoms. The molecule has 2 aliphatic heterocycles. The minimum atomic E-state index is -0.711. The Morgan fingerprint density at radius 3 is 2.23 bits per heavy atom. The monoisotopic (exact) mass is 418 g/mol. The Hall–Kier alpha value is -0.405. The lowest BCUT2D eigenvalue weighted by atomic mass is 9.80. The molecular formula is C15H21BFIN2O2. The summed E-state index contributed by atoms with van der Waals surface area (Å²) in [6.07, 6.45) is 2.28. The van der Waals surface area contributed by atoms with Crippen LogP contribution in [0, 0.1) is 9.52 Å². The average Bonchev–Trinajstić information content (AvgIpc) is 2.95.